The molecule has 0 aliphatic carbocycles. The van der Waals surface area contributed by atoms with E-state index in [2.05, 4.69) is 9.99 Å². The van der Waals surface area contributed by atoms with Crippen LogP contribution in [0.4, 0.5) is 5.69 Å². The lowest BCUT2D eigenvalue weighted by atomic mass is 10.1. The molecule has 4 rings (SSSR count). The summed E-state index contributed by atoms with van der Waals surface area (Å²) in [4.78, 5) is 25.3. The van der Waals surface area contributed by atoms with E-state index in [0.29, 0.717) is 10.7 Å². The number of aryl methyl sites for hydroxylation is 2. The molecule has 0 atom stereocenters. The monoisotopic (exact) mass is 405 g/mol. The quantitative estimate of drug-likeness (QED) is 0.514. The summed E-state index contributed by atoms with van der Waals surface area (Å²) in [5.41, 5.74) is 8.16. The van der Waals surface area contributed by atoms with Crippen molar-refractivity contribution in [2.45, 2.75) is 20.8 Å². The van der Waals surface area contributed by atoms with Crippen LogP contribution in [0.1, 0.15) is 22.5 Å². The third-order valence-electron chi connectivity index (χ3n) is 5.09. The minimum atomic E-state index is -0.414. The second-order valence-electron chi connectivity index (χ2n) is 7.07. The van der Waals surface area contributed by atoms with Crippen LogP contribution in [0.5, 0.6) is 0 Å². The molecule has 2 aromatic carbocycles. The van der Waals surface area contributed by atoms with Gasteiger partial charge in [-0.3, -0.25) is 15.0 Å². The van der Waals surface area contributed by atoms with Gasteiger partial charge in [0.05, 0.1) is 5.69 Å². The number of hydrogen-bond donors (Lipinski definition) is 1. The normalized spacial score (nSPS) is 15.3. The van der Waals surface area contributed by atoms with Crippen LogP contribution >= 0.6 is 11.6 Å². The lowest BCUT2D eigenvalue weighted by Gasteiger charge is -2.14. The SMILES string of the molecule is Cc1ccc(Cl)cc1-n1c(C)cc(C=C2C(=O)NN(c3ccccc3)C2=O)c1C. The standard InChI is InChI=1S/C23H20ClN3O2/c1-14-9-10-18(24)13-21(14)26-15(2)11-17(16(26)3)12-20-22(28)25-27(23(20)29)19-7-5-4-6-8-19/h4-13H,1-3H3,(H,25,28). The fraction of sp³-hybridized carbons (Fsp3) is 0.130. The number of nitrogens with zero attached hydrogens (tertiary/aromatic N) is 2. The minimum Gasteiger partial charge on any atom is -0.318 e. The first kappa shape index (κ1) is 19.0. The molecule has 1 aromatic heterocycles. The molecule has 1 saturated heterocycles. The van der Waals surface area contributed by atoms with E-state index in [-0.39, 0.29) is 11.5 Å². The van der Waals surface area contributed by atoms with Gasteiger partial charge in [-0.05, 0) is 68.3 Å². The van der Waals surface area contributed by atoms with Crippen molar-refractivity contribution in [3.8, 4) is 5.69 Å². The van der Waals surface area contributed by atoms with Gasteiger partial charge in [0.1, 0.15) is 5.57 Å². The zero-order chi connectivity index (χ0) is 20.7. The first-order chi connectivity index (χ1) is 13.9. The van der Waals surface area contributed by atoms with Crippen molar-refractivity contribution in [3.05, 3.63) is 87.7 Å². The smallest absolute Gasteiger partial charge is 0.282 e. The van der Waals surface area contributed by atoms with Gasteiger partial charge in [0.2, 0.25) is 0 Å². The fourth-order valence-electron chi connectivity index (χ4n) is 3.60. The van der Waals surface area contributed by atoms with E-state index in [1.807, 2.05) is 63.2 Å². The molecule has 1 aliphatic rings. The van der Waals surface area contributed by atoms with E-state index in [4.69, 9.17) is 11.6 Å². The second kappa shape index (κ2) is 7.26. The Labute approximate surface area is 174 Å². The highest BCUT2D eigenvalue weighted by Crippen LogP contribution is 2.28. The lowest BCUT2D eigenvalue weighted by molar-refractivity contribution is -0.117. The number of hydrazine groups is 1. The summed E-state index contributed by atoms with van der Waals surface area (Å²) in [7, 11) is 0. The van der Waals surface area contributed by atoms with Crippen LogP contribution in [0.3, 0.4) is 0 Å². The average molecular weight is 406 g/mol. The summed E-state index contributed by atoms with van der Waals surface area (Å²) in [6.07, 6.45) is 1.65. The Balaban J connectivity index is 1.75. The van der Waals surface area contributed by atoms with Crippen LogP contribution in [0.15, 0.2) is 60.2 Å². The van der Waals surface area contributed by atoms with Crippen molar-refractivity contribution in [3.63, 3.8) is 0 Å². The Hall–Kier alpha value is -3.31. The number of benzene rings is 2. The number of anilines is 1. The second-order valence-corrected chi connectivity index (χ2v) is 7.50. The van der Waals surface area contributed by atoms with Gasteiger partial charge in [0, 0.05) is 22.1 Å². The summed E-state index contributed by atoms with van der Waals surface area (Å²) < 4.78 is 2.08. The predicted molar refractivity (Wildman–Crippen MR) is 115 cm³/mol. The molecular formula is C23H20ClN3O2. The molecular weight excluding hydrogens is 386 g/mol. The van der Waals surface area contributed by atoms with E-state index in [1.54, 1.807) is 18.2 Å². The Bertz CT molecular complexity index is 1160. The number of nitrogens with one attached hydrogen (secondary N) is 1. The third kappa shape index (κ3) is 3.34. The van der Waals surface area contributed by atoms with Gasteiger partial charge in [0.15, 0.2) is 0 Å². The maximum Gasteiger partial charge on any atom is 0.282 e. The van der Waals surface area contributed by atoms with Crippen LogP contribution in [0.2, 0.25) is 5.02 Å². The van der Waals surface area contributed by atoms with Gasteiger partial charge < -0.3 is 4.57 Å². The van der Waals surface area contributed by atoms with Crippen LogP contribution in [-0.4, -0.2) is 16.4 Å². The maximum atomic E-state index is 12.8. The number of para-hydroxylation sites is 1. The van der Waals surface area contributed by atoms with Gasteiger partial charge in [-0.15, -0.1) is 0 Å². The number of halogens is 1. The van der Waals surface area contributed by atoms with E-state index in [0.717, 1.165) is 28.2 Å². The summed E-state index contributed by atoms with van der Waals surface area (Å²) in [5.74, 6) is -0.785. The van der Waals surface area contributed by atoms with E-state index < -0.39 is 5.91 Å². The van der Waals surface area contributed by atoms with Crippen molar-refractivity contribution in [2.24, 2.45) is 0 Å². The van der Waals surface area contributed by atoms with Crippen molar-refractivity contribution in [1.82, 2.24) is 9.99 Å². The van der Waals surface area contributed by atoms with Crippen molar-refractivity contribution in [1.29, 1.82) is 0 Å². The zero-order valence-electron chi connectivity index (χ0n) is 16.4. The van der Waals surface area contributed by atoms with Crippen molar-refractivity contribution in [2.75, 3.05) is 5.01 Å². The Kier molecular flexibility index (Phi) is 4.76. The summed E-state index contributed by atoms with van der Waals surface area (Å²) in [5, 5.41) is 1.93. The minimum absolute atomic E-state index is 0.108. The first-order valence-electron chi connectivity index (χ1n) is 9.24. The maximum absolute atomic E-state index is 12.8. The van der Waals surface area contributed by atoms with Crippen LogP contribution in [0, 0.1) is 20.8 Å². The first-order valence-corrected chi connectivity index (χ1v) is 9.62. The van der Waals surface area contributed by atoms with Gasteiger partial charge in [-0.25, -0.2) is 5.01 Å². The van der Waals surface area contributed by atoms with Gasteiger partial charge >= 0.3 is 0 Å². The highest BCUT2D eigenvalue weighted by Gasteiger charge is 2.34. The Morgan fingerprint density at radius 1 is 0.966 bits per heavy atom. The lowest BCUT2D eigenvalue weighted by Crippen LogP contribution is -2.35. The molecule has 5 nitrogen and oxygen atoms in total. The molecule has 0 bridgehead atoms. The van der Waals surface area contributed by atoms with Crippen LogP contribution in [0.25, 0.3) is 11.8 Å². The molecule has 0 radical (unpaired) electrons. The van der Waals surface area contributed by atoms with Crippen LogP contribution < -0.4 is 10.4 Å². The molecule has 29 heavy (non-hydrogen) atoms. The third-order valence-corrected chi connectivity index (χ3v) is 5.32. The molecule has 2 heterocycles. The highest BCUT2D eigenvalue weighted by molar-refractivity contribution is 6.31. The summed E-state index contributed by atoms with van der Waals surface area (Å²) in [6.45, 7) is 5.97. The summed E-state index contributed by atoms with van der Waals surface area (Å²) >= 11 is 6.20. The largest absolute Gasteiger partial charge is 0.318 e. The highest BCUT2D eigenvalue weighted by atomic mass is 35.5. The molecule has 0 unspecified atom stereocenters. The number of amides is 2. The number of aromatic nitrogens is 1. The average Bonchev–Trinajstić information content (AvgIpc) is 3.14. The molecule has 2 amide bonds. The zero-order valence-corrected chi connectivity index (χ0v) is 17.1. The van der Waals surface area contributed by atoms with E-state index >= 15 is 0 Å². The molecule has 0 saturated carbocycles. The van der Waals surface area contributed by atoms with Crippen molar-refractivity contribution >= 4 is 35.2 Å². The van der Waals surface area contributed by atoms with Gasteiger partial charge in [0.25, 0.3) is 11.8 Å². The van der Waals surface area contributed by atoms with Gasteiger partial charge in [-0.2, -0.15) is 0 Å². The Morgan fingerprint density at radius 2 is 1.69 bits per heavy atom. The van der Waals surface area contributed by atoms with Crippen molar-refractivity contribution < 1.29 is 9.59 Å². The van der Waals surface area contributed by atoms with Crippen LogP contribution in [-0.2, 0) is 9.59 Å². The molecule has 0 spiro atoms. The number of rotatable bonds is 3. The molecule has 146 valence electrons. The van der Waals surface area contributed by atoms with E-state index in [1.165, 1.54) is 5.01 Å². The molecule has 1 fully saturated rings. The Morgan fingerprint density at radius 3 is 2.41 bits per heavy atom. The van der Waals surface area contributed by atoms with Gasteiger partial charge in [-0.1, -0.05) is 35.9 Å². The number of hydrogen-bond acceptors (Lipinski definition) is 2. The predicted octanol–water partition coefficient (Wildman–Crippen LogP) is 4.52. The summed E-state index contributed by atoms with van der Waals surface area (Å²) in [6, 6.07) is 16.7. The molecule has 1 aliphatic heterocycles. The number of carbonyl (C=O) groups excluding carboxylic acids is 2. The molecule has 1 N–H and O–H groups in total. The van der Waals surface area contributed by atoms with E-state index in [9.17, 15) is 9.59 Å². The topological polar surface area (TPSA) is 54.3 Å². The molecule has 3 aromatic rings. The molecule has 6 heteroatoms. The number of carbonyl (C=O) groups is 2. The fourth-order valence-corrected chi connectivity index (χ4v) is 3.77.